The number of hydrogen-bond acceptors (Lipinski definition) is 5. The molecule has 0 aromatic heterocycles. The molecule has 29 heavy (non-hydrogen) atoms. The molecule has 1 N–H and O–H groups in total. The molecular weight excluding hydrogens is 368 g/mol. The number of amides is 1. The minimum atomic E-state index is -0.447. The lowest BCUT2D eigenvalue weighted by Crippen LogP contribution is -2.51. The Kier molecular flexibility index (Phi) is 6.20. The molecule has 0 unspecified atom stereocenters. The van der Waals surface area contributed by atoms with Gasteiger partial charge in [0.1, 0.15) is 6.10 Å². The van der Waals surface area contributed by atoms with Crippen molar-refractivity contribution < 1.29 is 19.5 Å². The van der Waals surface area contributed by atoms with Crippen molar-refractivity contribution in [2.75, 3.05) is 32.9 Å². The second-order valence-corrected chi connectivity index (χ2v) is 8.82. The lowest BCUT2D eigenvalue weighted by atomic mass is 9.73. The highest BCUT2D eigenvalue weighted by Gasteiger charge is 2.46. The fraction of sp³-hybridized carbons (Fsp3) is 0.652. The minimum Gasteiger partial charge on any atom is -0.396 e. The fourth-order valence-corrected chi connectivity index (χ4v) is 5.03. The van der Waals surface area contributed by atoms with E-state index in [0.29, 0.717) is 26.2 Å². The summed E-state index contributed by atoms with van der Waals surface area (Å²) in [5, 5.41) is 13.9. The zero-order valence-corrected chi connectivity index (χ0v) is 17.3. The summed E-state index contributed by atoms with van der Waals surface area (Å²) < 4.78 is 5.60. The standard InChI is InChI=1S/C23H32N2O4/c1-17-5-2-3-7-20(17)21-13-19(29-24-21)14-23(8-11-28-12-9-23)22(27)25-10-4-6-18(15-25)16-26/h2-3,5,7,18-19,26H,4,6,8-16H2,1H3/t18-,19-/m1/s1. The molecule has 0 aliphatic carbocycles. The molecule has 1 aromatic carbocycles. The molecule has 3 aliphatic rings. The Balaban J connectivity index is 1.46. The van der Waals surface area contributed by atoms with E-state index >= 15 is 0 Å². The summed E-state index contributed by atoms with van der Waals surface area (Å²) in [7, 11) is 0. The number of likely N-dealkylation sites (tertiary alicyclic amines) is 1. The van der Waals surface area contributed by atoms with Gasteiger partial charge < -0.3 is 19.6 Å². The Bertz CT molecular complexity index is 757. The topological polar surface area (TPSA) is 71.4 Å². The van der Waals surface area contributed by atoms with Crippen LogP contribution in [0.4, 0.5) is 0 Å². The van der Waals surface area contributed by atoms with Crippen molar-refractivity contribution in [3.05, 3.63) is 35.4 Å². The molecule has 1 amide bonds. The molecule has 4 rings (SSSR count). The maximum atomic E-state index is 13.6. The first-order chi connectivity index (χ1) is 14.1. The summed E-state index contributed by atoms with van der Waals surface area (Å²) in [6.07, 6.45) is 4.75. The van der Waals surface area contributed by atoms with Crippen LogP contribution in [0.5, 0.6) is 0 Å². The molecule has 6 heteroatoms. The van der Waals surface area contributed by atoms with E-state index in [4.69, 9.17) is 9.57 Å². The van der Waals surface area contributed by atoms with Gasteiger partial charge in [0.05, 0.1) is 11.1 Å². The Morgan fingerprint density at radius 3 is 2.86 bits per heavy atom. The molecular formula is C23H32N2O4. The van der Waals surface area contributed by atoms with Gasteiger partial charge in [0, 0.05) is 51.3 Å². The van der Waals surface area contributed by atoms with Crippen LogP contribution < -0.4 is 0 Å². The monoisotopic (exact) mass is 400 g/mol. The van der Waals surface area contributed by atoms with Crippen LogP contribution in [0.25, 0.3) is 0 Å². The Hall–Kier alpha value is -1.92. The largest absolute Gasteiger partial charge is 0.396 e. The third kappa shape index (κ3) is 4.33. The summed E-state index contributed by atoms with van der Waals surface area (Å²) in [6, 6.07) is 8.22. The first kappa shape index (κ1) is 20.4. The van der Waals surface area contributed by atoms with Gasteiger partial charge >= 0.3 is 0 Å². The fourth-order valence-electron chi connectivity index (χ4n) is 5.03. The summed E-state index contributed by atoms with van der Waals surface area (Å²) in [5.41, 5.74) is 2.85. The Morgan fingerprint density at radius 1 is 1.31 bits per heavy atom. The molecule has 3 aliphatic heterocycles. The number of piperidine rings is 1. The number of carbonyl (C=O) groups excluding carboxylic acids is 1. The van der Waals surface area contributed by atoms with E-state index in [1.165, 1.54) is 5.56 Å². The third-order valence-corrected chi connectivity index (χ3v) is 6.78. The highest BCUT2D eigenvalue weighted by Crippen LogP contribution is 2.41. The van der Waals surface area contributed by atoms with Gasteiger partial charge in [-0.3, -0.25) is 4.79 Å². The number of aliphatic hydroxyl groups excluding tert-OH is 1. The second-order valence-electron chi connectivity index (χ2n) is 8.82. The Morgan fingerprint density at radius 2 is 2.10 bits per heavy atom. The molecule has 0 saturated carbocycles. The van der Waals surface area contributed by atoms with Gasteiger partial charge in [-0.05, 0) is 44.1 Å². The first-order valence-electron chi connectivity index (χ1n) is 10.9. The van der Waals surface area contributed by atoms with Crippen LogP contribution in [0.3, 0.4) is 0 Å². The number of rotatable bonds is 5. The predicted molar refractivity (Wildman–Crippen MR) is 111 cm³/mol. The predicted octanol–water partition coefficient (Wildman–Crippen LogP) is 2.91. The van der Waals surface area contributed by atoms with E-state index in [2.05, 4.69) is 24.2 Å². The average molecular weight is 401 g/mol. The first-order valence-corrected chi connectivity index (χ1v) is 10.9. The summed E-state index contributed by atoms with van der Waals surface area (Å²) in [6.45, 7) is 4.91. The van der Waals surface area contributed by atoms with Crippen LogP contribution in [0, 0.1) is 18.3 Å². The molecule has 6 nitrogen and oxygen atoms in total. The summed E-state index contributed by atoms with van der Waals surface area (Å²) in [5.74, 6) is 0.412. The minimum absolute atomic E-state index is 0.0786. The van der Waals surface area contributed by atoms with Crippen molar-refractivity contribution in [2.24, 2.45) is 16.5 Å². The molecule has 0 radical (unpaired) electrons. The molecule has 158 valence electrons. The number of benzene rings is 1. The molecule has 0 bridgehead atoms. The lowest BCUT2D eigenvalue weighted by molar-refractivity contribution is -0.153. The van der Waals surface area contributed by atoms with E-state index in [1.54, 1.807) is 0 Å². The van der Waals surface area contributed by atoms with E-state index in [9.17, 15) is 9.90 Å². The van der Waals surface area contributed by atoms with Gasteiger partial charge in [-0.15, -0.1) is 0 Å². The number of nitrogens with zero attached hydrogens (tertiary/aromatic N) is 2. The van der Waals surface area contributed by atoms with Gasteiger partial charge in [-0.2, -0.15) is 0 Å². The summed E-state index contributed by atoms with van der Waals surface area (Å²) in [4.78, 5) is 21.4. The van der Waals surface area contributed by atoms with E-state index in [-0.39, 0.29) is 24.5 Å². The number of aryl methyl sites for hydroxylation is 1. The maximum absolute atomic E-state index is 13.6. The van der Waals surface area contributed by atoms with Gasteiger partial charge in [0.25, 0.3) is 0 Å². The van der Waals surface area contributed by atoms with Gasteiger partial charge in [-0.1, -0.05) is 29.4 Å². The number of oxime groups is 1. The van der Waals surface area contributed by atoms with E-state index in [1.807, 2.05) is 17.0 Å². The van der Waals surface area contributed by atoms with Gasteiger partial charge in [-0.25, -0.2) is 0 Å². The van der Waals surface area contributed by atoms with Crippen molar-refractivity contribution in [1.82, 2.24) is 4.90 Å². The van der Waals surface area contributed by atoms with Crippen LogP contribution in [-0.2, 0) is 14.4 Å². The normalized spacial score (nSPS) is 26.7. The average Bonchev–Trinajstić information content (AvgIpc) is 3.22. The van der Waals surface area contributed by atoms with Crippen LogP contribution in [-0.4, -0.2) is 60.6 Å². The Labute approximate surface area is 172 Å². The summed E-state index contributed by atoms with van der Waals surface area (Å²) >= 11 is 0. The SMILES string of the molecule is Cc1ccccc1C1=NO[C@@H](CC2(C(=O)N3CCC[C@@H](CO)C3)CCOCC2)C1. The molecule has 3 heterocycles. The number of hydrogen-bond donors (Lipinski definition) is 1. The maximum Gasteiger partial charge on any atom is 0.229 e. The van der Waals surface area contributed by atoms with Crippen LogP contribution >= 0.6 is 0 Å². The van der Waals surface area contributed by atoms with Crippen molar-refractivity contribution >= 4 is 11.6 Å². The van der Waals surface area contributed by atoms with E-state index in [0.717, 1.165) is 49.9 Å². The van der Waals surface area contributed by atoms with E-state index < -0.39 is 5.41 Å². The lowest BCUT2D eigenvalue weighted by Gasteiger charge is -2.43. The van der Waals surface area contributed by atoms with Crippen molar-refractivity contribution in [3.63, 3.8) is 0 Å². The second kappa shape index (κ2) is 8.84. The number of ether oxygens (including phenoxy) is 1. The quantitative estimate of drug-likeness (QED) is 0.825. The molecule has 2 fully saturated rings. The highest BCUT2D eigenvalue weighted by atomic mass is 16.6. The zero-order valence-electron chi connectivity index (χ0n) is 17.3. The number of aliphatic hydroxyl groups is 1. The van der Waals surface area contributed by atoms with Crippen molar-refractivity contribution in [1.29, 1.82) is 0 Å². The van der Waals surface area contributed by atoms with Crippen LogP contribution in [0.15, 0.2) is 29.4 Å². The highest BCUT2D eigenvalue weighted by molar-refractivity contribution is 6.02. The molecule has 1 aromatic rings. The zero-order chi connectivity index (χ0) is 20.3. The number of carbonyl (C=O) groups is 1. The van der Waals surface area contributed by atoms with Gasteiger partial charge in [0.15, 0.2) is 0 Å². The molecule has 2 atom stereocenters. The van der Waals surface area contributed by atoms with Crippen LogP contribution in [0.2, 0.25) is 0 Å². The van der Waals surface area contributed by atoms with Gasteiger partial charge in [0.2, 0.25) is 5.91 Å². The van der Waals surface area contributed by atoms with Crippen molar-refractivity contribution in [3.8, 4) is 0 Å². The third-order valence-electron chi connectivity index (χ3n) is 6.78. The molecule has 0 spiro atoms. The van der Waals surface area contributed by atoms with Crippen LogP contribution in [0.1, 0.15) is 49.7 Å². The van der Waals surface area contributed by atoms with Crippen molar-refractivity contribution in [2.45, 2.75) is 51.6 Å². The molecule has 2 saturated heterocycles. The smallest absolute Gasteiger partial charge is 0.229 e.